The smallest absolute Gasteiger partial charge is 0.254 e. The minimum atomic E-state index is -0.0943. The van der Waals surface area contributed by atoms with Crippen molar-refractivity contribution >= 4 is 16.9 Å². The maximum absolute atomic E-state index is 13.2. The molecule has 0 N–H and O–H groups in total. The number of rotatable bonds is 6. The van der Waals surface area contributed by atoms with Crippen LogP contribution in [0.3, 0.4) is 0 Å². The molecule has 7 nitrogen and oxygen atoms in total. The molecule has 0 radical (unpaired) electrons. The van der Waals surface area contributed by atoms with E-state index in [2.05, 4.69) is 15.3 Å². The van der Waals surface area contributed by atoms with Crippen LogP contribution in [-0.2, 0) is 19.6 Å². The van der Waals surface area contributed by atoms with Crippen molar-refractivity contribution in [2.24, 2.45) is 0 Å². The average Bonchev–Trinajstić information content (AvgIpc) is 3.36. The second kappa shape index (κ2) is 7.41. The van der Waals surface area contributed by atoms with Crippen molar-refractivity contribution < 1.29 is 9.21 Å². The van der Waals surface area contributed by atoms with Gasteiger partial charge in [0.05, 0.1) is 18.3 Å². The van der Waals surface area contributed by atoms with Crippen molar-refractivity contribution in [3.05, 3.63) is 78.0 Å². The van der Waals surface area contributed by atoms with E-state index in [0.29, 0.717) is 24.2 Å². The van der Waals surface area contributed by atoms with Crippen molar-refractivity contribution in [3.63, 3.8) is 0 Å². The lowest BCUT2D eigenvalue weighted by molar-refractivity contribution is 0.0717. The van der Waals surface area contributed by atoms with Gasteiger partial charge in [0.25, 0.3) is 5.91 Å². The molecule has 0 atom stereocenters. The second-order valence-electron chi connectivity index (χ2n) is 6.21. The van der Waals surface area contributed by atoms with E-state index >= 15 is 0 Å². The molecule has 136 valence electrons. The molecule has 1 aromatic carbocycles. The first kappa shape index (κ1) is 17.0. The summed E-state index contributed by atoms with van der Waals surface area (Å²) in [6, 6.07) is 13.0. The van der Waals surface area contributed by atoms with Crippen molar-refractivity contribution in [1.82, 2.24) is 24.9 Å². The summed E-state index contributed by atoms with van der Waals surface area (Å²) in [6.45, 7) is 3.55. The van der Waals surface area contributed by atoms with E-state index in [9.17, 15) is 4.79 Å². The van der Waals surface area contributed by atoms with E-state index in [-0.39, 0.29) is 5.91 Å². The molecule has 0 saturated carbocycles. The summed E-state index contributed by atoms with van der Waals surface area (Å²) in [5.74, 6) is 0.633. The molecule has 1 amide bonds. The zero-order valence-corrected chi connectivity index (χ0v) is 14.9. The van der Waals surface area contributed by atoms with Gasteiger partial charge in [-0.15, -0.1) is 5.10 Å². The van der Waals surface area contributed by atoms with Gasteiger partial charge in [0.15, 0.2) is 0 Å². The lowest BCUT2D eigenvalue weighted by Gasteiger charge is -2.22. The van der Waals surface area contributed by atoms with Crippen LogP contribution in [0.25, 0.3) is 11.0 Å². The van der Waals surface area contributed by atoms with Crippen LogP contribution in [0.1, 0.15) is 28.6 Å². The Morgan fingerprint density at radius 3 is 2.85 bits per heavy atom. The molecule has 0 fully saturated rings. The van der Waals surface area contributed by atoms with Crippen molar-refractivity contribution in [3.8, 4) is 0 Å². The first-order chi connectivity index (χ1) is 13.2. The van der Waals surface area contributed by atoms with Gasteiger partial charge in [0.2, 0.25) is 0 Å². The summed E-state index contributed by atoms with van der Waals surface area (Å²) in [6.07, 6.45) is 5.09. The number of benzene rings is 1. The zero-order chi connectivity index (χ0) is 18.6. The third-order valence-corrected chi connectivity index (χ3v) is 4.37. The number of aromatic nitrogens is 4. The third-order valence-electron chi connectivity index (χ3n) is 4.37. The lowest BCUT2D eigenvalue weighted by Crippen LogP contribution is -2.30. The van der Waals surface area contributed by atoms with Gasteiger partial charge in [-0.2, -0.15) is 0 Å². The minimum absolute atomic E-state index is 0.0943. The molecule has 3 heterocycles. The van der Waals surface area contributed by atoms with Crippen LogP contribution in [0, 0.1) is 0 Å². The molecule has 4 aromatic rings. The predicted molar refractivity (Wildman–Crippen MR) is 99.7 cm³/mol. The highest BCUT2D eigenvalue weighted by molar-refractivity contribution is 5.97. The fourth-order valence-corrected chi connectivity index (χ4v) is 3.02. The van der Waals surface area contributed by atoms with Crippen molar-refractivity contribution in [1.29, 1.82) is 0 Å². The standard InChI is InChI=1S/C20H19N5O2/c1-2-25-19-8-7-16(11-18(19)22-23-25)20(26)24(14-17-6-4-10-27-17)13-15-5-3-9-21-12-15/h3-12H,2,13-14H2,1H3. The fourth-order valence-electron chi connectivity index (χ4n) is 3.02. The van der Waals surface area contributed by atoms with E-state index in [4.69, 9.17) is 4.42 Å². The van der Waals surface area contributed by atoms with Crippen molar-refractivity contribution in [2.45, 2.75) is 26.6 Å². The Kier molecular flexibility index (Phi) is 4.65. The summed E-state index contributed by atoms with van der Waals surface area (Å²) in [5.41, 5.74) is 3.15. The summed E-state index contributed by atoms with van der Waals surface area (Å²) >= 11 is 0. The highest BCUT2D eigenvalue weighted by Gasteiger charge is 2.19. The van der Waals surface area contributed by atoms with Gasteiger partial charge in [-0.1, -0.05) is 11.3 Å². The molecule has 3 aromatic heterocycles. The molecule has 0 aliphatic carbocycles. The van der Waals surface area contributed by atoms with Crippen LogP contribution in [0.2, 0.25) is 0 Å². The summed E-state index contributed by atoms with van der Waals surface area (Å²) in [4.78, 5) is 19.1. The number of nitrogens with zero attached hydrogens (tertiary/aromatic N) is 5. The van der Waals surface area contributed by atoms with E-state index in [1.54, 1.807) is 34.3 Å². The molecule has 27 heavy (non-hydrogen) atoms. The second-order valence-corrected chi connectivity index (χ2v) is 6.21. The van der Waals surface area contributed by atoms with Gasteiger partial charge in [-0.3, -0.25) is 9.78 Å². The molecule has 0 unspecified atom stereocenters. The number of carbonyl (C=O) groups excluding carboxylic acids is 1. The first-order valence-electron chi connectivity index (χ1n) is 8.78. The molecule has 0 spiro atoms. The Hall–Kier alpha value is -3.48. The van der Waals surface area contributed by atoms with Crippen LogP contribution in [-0.4, -0.2) is 30.8 Å². The SMILES string of the molecule is CCn1nnc2cc(C(=O)N(Cc3cccnc3)Cc3ccco3)ccc21. The number of fused-ring (bicyclic) bond motifs is 1. The van der Waals surface area contributed by atoms with E-state index < -0.39 is 0 Å². The predicted octanol–water partition coefficient (Wildman–Crippen LogP) is 3.28. The van der Waals surface area contributed by atoms with Crippen LogP contribution in [0.15, 0.2) is 65.5 Å². The highest BCUT2D eigenvalue weighted by Crippen LogP contribution is 2.18. The number of aryl methyl sites for hydroxylation is 1. The number of carbonyl (C=O) groups is 1. The van der Waals surface area contributed by atoms with Crippen LogP contribution in [0.4, 0.5) is 0 Å². The van der Waals surface area contributed by atoms with Crippen LogP contribution < -0.4 is 0 Å². The Bertz CT molecular complexity index is 1040. The zero-order valence-electron chi connectivity index (χ0n) is 14.9. The number of furan rings is 1. The van der Waals surface area contributed by atoms with Gasteiger partial charge in [-0.25, -0.2) is 4.68 Å². The van der Waals surface area contributed by atoms with Gasteiger partial charge < -0.3 is 9.32 Å². The molecular weight excluding hydrogens is 342 g/mol. The Balaban J connectivity index is 1.64. The number of pyridine rings is 1. The van der Waals surface area contributed by atoms with Gasteiger partial charge in [0, 0.05) is 31.0 Å². The molecule has 4 rings (SSSR count). The first-order valence-corrected chi connectivity index (χ1v) is 8.78. The van der Waals surface area contributed by atoms with E-state index in [1.165, 1.54) is 0 Å². The topological polar surface area (TPSA) is 77.1 Å². The van der Waals surface area contributed by atoms with Crippen LogP contribution >= 0.6 is 0 Å². The average molecular weight is 361 g/mol. The number of hydrogen-bond donors (Lipinski definition) is 0. The Morgan fingerprint density at radius 1 is 1.19 bits per heavy atom. The van der Waals surface area contributed by atoms with Gasteiger partial charge in [0.1, 0.15) is 11.3 Å². The Morgan fingerprint density at radius 2 is 2.11 bits per heavy atom. The molecule has 0 aliphatic rings. The van der Waals surface area contributed by atoms with Crippen LogP contribution in [0.5, 0.6) is 0 Å². The molecule has 0 aliphatic heterocycles. The van der Waals surface area contributed by atoms with Crippen molar-refractivity contribution in [2.75, 3.05) is 0 Å². The largest absolute Gasteiger partial charge is 0.467 e. The third kappa shape index (κ3) is 3.57. The molecule has 7 heteroatoms. The number of hydrogen-bond acceptors (Lipinski definition) is 5. The summed E-state index contributed by atoms with van der Waals surface area (Å²) < 4.78 is 7.25. The summed E-state index contributed by atoms with van der Waals surface area (Å²) in [7, 11) is 0. The maximum atomic E-state index is 13.2. The summed E-state index contributed by atoms with van der Waals surface area (Å²) in [5, 5.41) is 8.27. The fraction of sp³-hybridized carbons (Fsp3) is 0.200. The van der Waals surface area contributed by atoms with E-state index in [0.717, 1.165) is 23.4 Å². The Labute approximate surface area is 156 Å². The van der Waals surface area contributed by atoms with E-state index in [1.807, 2.05) is 43.3 Å². The number of amides is 1. The lowest BCUT2D eigenvalue weighted by atomic mass is 10.1. The molecular formula is C20H19N5O2. The highest BCUT2D eigenvalue weighted by atomic mass is 16.3. The monoisotopic (exact) mass is 361 g/mol. The quantitative estimate of drug-likeness (QED) is 0.527. The maximum Gasteiger partial charge on any atom is 0.254 e. The molecule has 0 bridgehead atoms. The normalized spacial score (nSPS) is 11.0. The molecule has 0 saturated heterocycles. The van der Waals surface area contributed by atoms with Gasteiger partial charge in [-0.05, 0) is 48.9 Å². The minimum Gasteiger partial charge on any atom is -0.467 e. The van der Waals surface area contributed by atoms with Gasteiger partial charge >= 0.3 is 0 Å².